The van der Waals surface area contributed by atoms with Gasteiger partial charge in [0.25, 0.3) is 0 Å². The topological polar surface area (TPSA) is 49.3 Å². The van der Waals surface area contributed by atoms with E-state index >= 15 is 0 Å². The highest BCUT2D eigenvalue weighted by molar-refractivity contribution is 9.09. The van der Waals surface area contributed by atoms with E-state index < -0.39 is 6.09 Å². The summed E-state index contributed by atoms with van der Waals surface area (Å²) in [6.45, 7) is 3.80. The van der Waals surface area contributed by atoms with Crippen LogP contribution in [0.1, 0.15) is 33.1 Å². The van der Waals surface area contributed by atoms with Gasteiger partial charge in [-0.15, -0.1) is 0 Å². The predicted octanol–water partition coefficient (Wildman–Crippen LogP) is 2.60. The van der Waals surface area contributed by atoms with Crippen LogP contribution in [0.2, 0.25) is 0 Å². The molecule has 2 N–H and O–H groups in total. The number of nitrogens with one attached hydrogen (secondary N) is 1. The van der Waals surface area contributed by atoms with E-state index in [2.05, 4.69) is 21.2 Å². The minimum Gasteiger partial charge on any atom is -0.465 e. The van der Waals surface area contributed by atoms with Crippen molar-refractivity contribution >= 4 is 22.0 Å². The molecule has 72 valence electrons. The zero-order valence-corrected chi connectivity index (χ0v) is 9.15. The minimum atomic E-state index is -0.946. The van der Waals surface area contributed by atoms with Gasteiger partial charge in [-0.3, -0.25) is 0 Å². The summed E-state index contributed by atoms with van der Waals surface area (Å²) < 4.78 is 0. The zero-order valence-electron chi connectivity index (χ0n) is 7.56. The summed E-state index contributed by atoms with van der Waals surface area (Å²) in [7, 11) is 0. The van der Waals surface area contributed by atoms with Gasteiger partial charge < -0.3 is 10.4 Å². The predicted molar refractivity (Wildman–Crippen MR) is 52.9 cm³/mol. The van der Waals surface area contributed by atoms with Crippen LogP contribution >= 0.6 is 15.9 Å². The molecule has 12 heavy (non-hydrogen) atoms. The Balaban J connectivity index is 3.63. The molecule has 0 rings (SSSR count). The van der Waals surface area contributed by atoms with Gasteiger partial charge in [-0.2, -0.15) is 0 Å². The number of carbonyl (C=O) groups is 1. The molecular weight excluding hydrogens is 222 g/mol. The second kappa shape index (κ2) is 5.41. The SMILES string of the molecule is CC(C)(CCCCBr)NC(=O)O. The average molecular weight is 238 g/mol. The molecule has 0 aliphatic rings. The molecule has 4 heteroatoms. The molecule has 0 spiro atoms. The molecule has 0 bridgehead atoms. The van der Waals surface area contributed by atoms with E-state index in [-0.39, 0.29) is 5.54 Å². The van der Waals surface area contributed by atoms with Crippen LogP contribution in [-0.2, 0) is 0 Å². The largest absolute Gasteiger partial charge is 0.465 e. The smallest absolute Gasteiger partial charge is 0.405 e. The van der Waals surface area contributed by atoms with Crippen LogP contribution in [-0.4, -0.2) is 22.1 Å². The van der Waals surface area contributed by atoms with E-state index in [1.165, 1.54) is 0 Å². The Morgan fingerprint density at radius 1 is 1.50 bits per heavy atom. The van der Waals surface area contributed by atoms with E-state index in [1.807, 2.05) is 13.8 Å². The normalized spacial score (nSPS) is 11.2. The van der Waals surface area contributed by atoms with Gasteiger partial charge in [0.15, 0.2) is 0 Å². The second-order valence-corrected chi connectivity index (χ2v) is 4.25. The third-order valence-corrected chi connectivity index (χ3v) is 2.19. The first-order valence-electron chi connectivity index (χ1n) is 4.05. The van der Waals surface area contributed by atoms with Gasteiger partial charge in [-0.05, 0) is 26.7 Å². The molecule has 0 aromatic carbocycles. The van der Waals surface area contributed by atoms with Crippen molar-refractivity contribution in [3.8, 4) is 0 Å². The van der Waals surface area contributed by atoms with Crippen molar-refractivity contribution in [2.75, 3.05) is 5.33 Å². The first-order valence-corrected chi connectivity index (χ1v) is 5.17. The lowest BCUT2D eigenvalue weighted by Crippen LogP contribution is -2.42. The van der Waals surface area contributed by atoms with Crippen LogP contribution < -0.4 is 5.32 Å². The standard InChI is InChI=1S/C8H16BrNO2/c1-8(2,10-7(11)12)5-3-4-6-9/h10H,3-6H2,1-2H3,(H,11,12). The van der Waals surface area contributed by atoms with Crippen molar-refractivity contribution in [1.29, 1.82) is 0 Å². The van der Waals surface area contributed by atoms with Crippen LogP contribution in [0.25, 0.3) is 0 Å². The summed E-state index contributed by atoms with van der Waals surface area (Å²) in [5.74, 6) is 0. The summed E-state index contributed by atoms with van der Waals surface area (Å²) in [6, 6.07) is 0. The highest BCUT2D eigenvalue weighted by Gasteiger charge is 2.18. The number of halogens is 1. The summed E-state index contributed by atoms with van der Waals surface area (Å²) in [5, 5.41) is 11.9. The molecule has 0 saturated carbocycles. The third-order valence-electron chi connectivity index (χ3n) is 1.63. The van der Waals surface area contributed by atoms with Gasteiger partial charge in [-0.25, -0.2) is 4.79 Å². The van der Waals surface area contributed by atoms with Crippen molar-refractivity contribution in [2.24, 2.45) is 0 Å². The van der Waals surface area contributed by atoms with Gasteiger partial charge in [0.05, 0.1) is 0 Å². The van der Waals surface area contributed by atoms with E-state index in [4.69, 9.17) is 5.11 Å². The first-order chi connectivity index (χ1) is 5.48. The Labute approximate surface area is 81.7 Å². The Morgan fingerprint density at radius 2 is 2.08 bits per heavy atom. The highest BCUT2D eigenvalue weighted by atomic mass is 79.9. The molecule has 0 aromatic heterocycles. The maximum absolute atomic E-state index is 10.3. The van der Waals surface area contributed by atoms with Crippen molar-refractivity contribution in [2.45, 2.75) is 38.6 Å². The molecule has 0 aromatic rings. The lowest BCUT2D eigenvalue weighted by molar-refractivity contribution is 0.180. The van der Waals surface area contributed by atoms with Crippen molar-refractivity contribution in [3.63, 3.8) is 0 Å². The quantitative estimate of drug-likeness (QED) is 0.571. The number of hydrogen-bond donors (Lipinski definition) is 2. The fraction of sp³-hybridized carbons (Fsp3) is 0.875. The zero-order chi connectivity index (χ0) is 9.61. The minimum absolute atomic E-state index is 0.298. The molecule has 1 amide bonds. The Hall–Kier alpha value is -0.250. The second-order valence-electron chi connectivity index (χ2n) is 3.46. The van der Waals surface area contributed by atoms with Crippen molar-refractivity contribution in [1.82, 2.24) is 5.32 Å². The van der Waals surface area contributed by atoms with Gasteiger partial charge in [-0.1, -0.05) is 22.4 Å². The summed E-state index contributed by atoms with van der Waals surface area (Å²) >= 11 is 3.33. The maximum atomic E-state index is 10.3. The summed E-state index contributed by atoms with van der Waals surface area (Å²) in [4.78, 5) is 10.3. The van der Waals surface area contributed by atoms with Crippen molar-refractivity contribution < 1.29 is 9.90 Å². The molecule has 0 fully saturated rings. The summed E-state index contributed by atoms with van der Waals surface area (Å²) in [6.07, 6.45) is 2.06. The maximum Gasteiger partial charge on any atom is 0.405 e. The third kappa shape index (κ3) is 6.46. The molecule has 0 atom stereocenters. The number of carboxylic acid groups (broad SMARTS) is 1. The lowest BCUT2D eigenvalue weighted by atomic mass is 9.98. The highest BCUT2D eigenvalue weighted by Crippen LogP contribution is 2.13. The molecule has 0 unspecified atom stereocenters. The van der Waals surface area contributed by atoms with Gasteiger partial charge in [0.1, 0.15) is 0 Å². The number of unbranched alkanes of at least 4 members (excludes halogenated alkanes) is 1. The first kappa shape index (κ1) is 11.8. The molecular formula is C8H16BrNO2. The van der Waals surface area contributed by atoms with Gasteiger partial charge >= 0.3 is 6.09 Å². The monoisotopic (exact) mass is 237 g/mol. The van der Waals surface area contributed by atoms with Gasteiger partial charge in [0, 0.05) is 10.9 Å². The number of hydrogen-bond acceptors (Lipinski definition) is 1. The molecule has 0 saturated heterocycles. The van der Waals surface area contributed by atoms with E-state index in [0.717, 1.165) is 24.6 Å². The Kier molecular flexibility index (Phi) is 5.29. The van der Waals surface area contributed by atoms with Crippen molar-refractivity contribution in [3.05, 3.63) is 0 Å². The van der Waals surface area contributed by atoms with Crippen LogP contribution in [0.4, 0.5) is 4.79 Å². The van der Waals surface area contributed by atoms with Gasteiger partial charge in [0.2, 0.25) is 0 Å². The molecule has 0 aliphatic heterocycles. The fourth-order valence-corrected chi connectivity index (χ4v) is 1.41. The molecule has 3 nitrogen and oxygen atoms in total. The van der Waals surface area contributed by atoms with E-state index in [0.29, 0.717) is 0 Å². The Bertz CT molecular complexity index is 148. The average Bonchev–Trinajstić information content (AvgIpc) is 1.84. The molecule has 0 aliphatic carbocycles. The molecule has 0 heterocycles. The van der Waals surface area contributed by atoms with E-state index in [9.17, 15) is 4.79 Å². The van der Waals surface area contributed by atoms with Crippen LogP contribution in [0.5, 0.6) is 0 Å². The Morgan fingerprint density at radius 3 is 2.50 bits per heavy atom. The van der Waals surface area contributed by atoms with Crippen LogP contribution in [0.3, 0.4) is 0 Å². The number of rotatable bonds is 5. The number of alkyl halides is 1. The van der Waals surface area contributed by atoms with E-state index in [1.54, 1.807) is 0 Å². The fourth-order valence-electron chi connectivity index (χ4n) is 1.01. The van der Waals surface area contributed by atoms with Crippen LogP contribution in [0, 0.1) is 0 Å². The molecule has 0 radical (unpaired) electrons. The lowest BCUT2D eigenvalue weighted by Gasteiger charge is -2.24. The van der Waals surface area contributed by atoms with Crippen LogP contribution in [0.15, 0.2) is 0 Å². The summed E-state index contributed by atoms with van der Waals surface area (Å²) in [5.41, 5.74) is -0.298. The number of amides is 1.